The second kappa shape index (κ2) is 14.8. The number of aliphatic hydroxyl groups is 1. The van der Waals surface area contributed by atoms with Gasteiger partial charge in [0.2, 0.25) is 17.7 Å². The minimum absolute atomic E-state index is 0.166. The predicted molar refractivity (Wildman–Crippen MR) is 141 cm³/mol. The van der Waals surface area contributed by atoms with Gasteiger partial charge in [-0.2, -0.15) is 0 Å². The fourth-order valence-electron chi connectivity index (χ4n) is 4.56. The lowest BCUT2D eigenvalue weighted by Gasteiger charge is -2.30. The van der Waals surface area contributed by atoms with Crippen molar-refractivity contribution in [2.24, 2.45) is 11.8 Å². The third-order valence-electron chi connectivity index (χ3n) is 7.35. The second-order valence-electron chi connectivity index (χ2n) is 9.97. The maximum absolute atomic E-state index is 12.7. The van der Waals surface area contributed by atoms with Crippen LogP contribution in [0.5, 0.6) is 5.75 Å². The number of likely N-dealkylation sites (N-methyl/N-ethyl adjacent to an activating group) is 1. The Bertz CT molecular complexity index is 875. The highest BCUT2D eigenvalue weighted by Gasteiger charge is 2.31. The van der Waals surface area contributed by atoms with Gasteiger partial charge in [-0.25, -0.2) is 0 Å². The second-order valence-corrected chi connectivity index (χ2v) is 9.97. The van der Waals surface area contributed by atoms with Crippen molar-refractivity contribution in [2.45, 2.75) is 84.8 Å². The summed E-state index contributed by atoms with van der Waals surface area (Å²) in [6.45, 7) is 7.75. The van der Waals surface area contributed by atoms with Crippen LogP contribution in [0.2, 0.25) is 0 Å². The number of hydrogen-bond donors (Lipinski definition) is 3. The maximum Gasteiger partial charge on any atom is 0.245 e. The topological polar surface area (TPSA) is 108 Å². The predicted octanol–water partition coefficient (Wildman–Crippen LogP) is 2.85. The van der Waals surface area contributed by atoms with E-state index in [1.807, 2.05) is 20.8 Å². The van der Waals surface area contributed by atoms with E-state index in [4.69, 9.17) is 4.74 Å². The standard InChI is InChI=1S/C28H45N3O5/c1-6-10-23-15-14-22-12-8-11-21(26(22)36-23)13-9-16-29-25(33)17-30-27(34)24(18-32)31(5)28(35)20(4)19(3)7-2/h8,11-12,19-20,23-24,32H,6-7,9-10,13-18H2,1-5H3,(H,29,33)(H,30,34). The summed E-state index contributed by atoms with van der Waals surface area (Å²) in [7, 11) is 1.51. The van der Waals surface area contributed by atoms with E-state index < -0.39 is 18.6 Å². The molecule has 0 radical (unpaired) electrons. The van der Waals surface area contributed by atoms with Crippen molar-refractivity contribution in [1.29, 1.82) is 0 Å². The summed E-state index contributed by atoms with van der Waals surface area (Å²) < 4.78 is 6.27. The van der Waals surface area contributed by atoms with E-state index in [1.165, 1.54) is 23.1 Å². The number of carbonyl (C=O) groups is 3. The van der Waals surface area contributed by atoms with Crippen molar-refractivity contribution >= 4 is 17.7 Å². The summed E-state index contributed by atoms with van der Waals surface area (Å²) in [5.41, 5.74) is 2.42. The number of ether oxygens (including phenoxy) is 1. The molecular formula is C28H45N3O5. The Morgan fingerprint density at radius 2 is 1.94 bits per heavy atom. The van der Waals surface area contributed by atoms with Crippen LogP contribution in [0.25, 0.3) is 0 Å². The average molecular weight is 504 g/mol. The van der Waals surface area contributed by atoms with Gasteiger partial charge in [0.1, 0.15) is 11.8 Å². The molecule has 0 aromatic heterocycles. The number of carbonyl (C=O) groups excluding carboxylic acids is 3. The number of benzene rings is 1. The van der Waals surface area contributed by atoms with Gasteiger partial charge in [-0.1, -0.05) is 58.7 Å². The molecule has 2 rings (SSSR count). The monoisotopic (exact) mass is 503 g/mol. The minimum Gasteiger partial charge on any atom is -0.490 e. The minimum atomic E-state index is -1.03. The number of hydrogen-bond acceptors (Lipinski definition) is 5. The lowest BCUT2D eigenvalue weighted by Crippen LogP contribution is -2.53. The van der Waals surface area contributed by atoms with Gasteiger partial charge < -0.3 is 25.4 Å². The van der Waals surface area contributed by atoms with Crippen molar-refractivity contribution in [1.82, 2.24) is 15.5 Å². The molecule has 0 saturated carbocycles. The van der Waals surface area contributed by atoms with Crippen LogP contribution >= 0.6 is 0 Å². The Kier molecular flexibility index (Phi) is 12.2. The van der Waals surface area contributed by atoms with Crippen LogP contribution in [0, 0.1) is 11.8 Å². The largest absolute Gasteiger partial charge is 0.490 e. The van der Waals surface area contributed by atoms with E-state index in [9.17, 15) is 19.5 Å². The Hall–Kier alpha value is -2.61. The van der Waals surface area contributed by atoms with E-state index in [-0.39, 0.29) is 36.3 Å². The molecule has 0 fully saturated rings. The molecule has 3 N–H and O–H groups in total. The molecule has 36 heavy (non-hydrogen) atoms. The highest BCUT2D eigenvalue weighted by atomic mass is 16.5. The van der Waals surface area contributed by atoms with Crippen LogP contribution < -0.4 is 15.4 Å². The Labute approximate surface area is 216 Å². The van der Waals surface area contributed by atoms with Crippen molar-refractivity contribution in [3.8, 4) is 5.75 Å². The zero-order valence-corrected chi connectivity index (χ0v) is 22.6. The van der Waals surface area contributed by atoms with Crippen molar-refractivity contribution < 1.29 is 24.2 Å². The molecule has 0 saturated heterocycles. The fourth-order valence-corrected chi connectivity index (χ4v) is 4.56. The summed E-state index contributed by atoms with van der Waals surface area (Å²) in [5.74, 6) is -0.138. The molecule has 8 heteroatoms. The third-order valence-corrected chi connectivity index (χ3v) is 7.35. The van der Waals surface area contributed by atoms with Gasteiger partial charge in [-0.3, -0.25) is 14.4 Å². The van der Waals surface area contributed by atoms with Gasteiger partial charge in [0.15, 0.2) is 0 Å². The lowest BCUT2D eigenvalue weighted by molar-refractivity contribution is -0.144. The maximum atomic E-state index is 12.7. The first-order valence-electron chi connectivity index (χ1n) is 13.4. The third kappa shape index (κ3) is 8.22. The smallest absolute Gasteiger partial charge is 0.245 e. The van der Waals surface area contributed by atoms with Crippen LogP contribution in [0.1, 0.15) is 70.9 Å². The molecule has 1 aliphatic rings. The molecule has 4 atom stereocenters. The first-order valence-corrected chi connectivity index (χ1v) is 13.4. The first kappa shape index (κ1) is 29.6. The summed E-state index contributed by atoms with van der Waals surface area (Å²) in [6.07, 6.45) is 6.93. The van der Waals surface area contributed by atoms with Gasteiger partial charge in [0, 0.05) is 19.5 Å². The van der Waals surface area contributed by atoms with E-state index in [2.05, 4.69) is 35.8 Å². The molecule has 0 aliphatic carbocycles. The number of nitrogens with zero attached hydrogens (tertiary/aromatic N) is 1. The first-order chi connectivity index (χ1) is 17.2. The Morgan fingerprint density at radius 1 is 1.19 bits per heavy atom. The van der Waals surface area contributed by atoms with E-state index >= 15 is 0 Å². The van der Waals surface area contributed by atoms with Crippen LogP contribution in [0.15, 0.2) is 18.2 Å². The van der Waals surface area contributed by atoms with Crippen LogP contribution in [0.4, 0.5) is 0 Å². The molecule has 8 nitrogen and oxygen atoms in total. The normalized spacial score (nSPS) is 17.2. The molecule has 1 aliphatic heterocycles. The zero-order valence-electron chi connectivity index (χ0n) is 22.6. The van der Waals surface area contributed by atoms with E-state index in [0.717, 1.165) is 50.7 Å². The Balaban J connectivity index is 1.77. The van der Waals surface area contributed by atoms with Gasteiger partial charge in [-0.05, 0) is 49.1 Å². The molecule has 0 bridgehead atoms. The number of aliphatic hydroxyl groups excluding tert-OH is 1. The van der Waals surface area contributed by atoms with E-state index in [0.29, 0.717) is 6.54 Å². The number of fused-ring (bicyclic) bond motifs is 1. The summed E-state index contributed by atoms with van der Waals surface area (Å²) in [6, 6.07) is 5.25. The highest BCUT2D eigenvalue weighted by molar-refractivity contribution is 5.91. The van der Waals surface area contributed by atoms with Crippen LogP contribution in [-0.2, 0) is 27.2 Å². The molecule has 1 aromatic rings. The number of rotatable bonds is 14. The van der Waals surface area contributed by atoms with Crippen LogP contribution in [0.3, 0.4) is 0 Å². The summed E-state index contributed by atoms with van der Waals surface area (Å²) >= 11 is 0. The lowest BCUT2D eigenvalue weighted by atomic mass is 9.92. The van der Waals surface area contributed by atoms with Crippen molar-refractivity contribution in [3.05, 3.63) is 29.3 Å². The summed E-state index contributed by atoms with van der Waals surface area (Å²) in [5, 5.41) is 15.1. The van der Waals surface area contributed by atoms with Crippen molar-refractivity contribution in [2.75, 3.05) is 26.7 Å². The SMILES string of the molecule is CCCC1CCc2cccc(CCCNC(=O)CNC(=O)C(CO)N(C)C(=O)C(C)C(C)CC)c2O1. The van der Waals surface area contributed by atoms with Gasteiger partial charge in [0.05, 0.1) is 19.3 Å². The molecule has 0 spiro atoms. The average Bonchev–Trinajstić information content (AvgIpc) is 2.89. The molecular weight excluding hydrogens is 458 g/mol. The van der Waals surface area contributed by atoms with Crippen molar-refractivity contribution in [3.63, 3.8) is 0 Å². The Morgan fingerprint density at radius 3 is 2.61 bits per heavy atom. The highest BCUT2D eigenvalue weighted by Crippen LogP contribution is 2.33. The number of para-hydroxylation sites is 1. The summed E-state index contributed by atoms with van der Waals surface area (Å²) in [4.78, 5) is 38.8. The molecule has 1 aromatic carbocycles. The van der Waals surface area contributed by atoms with Gasteiger partial charge >= 0.3 is 0 Å². The van der Waals surface area contributed by atoms with Crippen LogP contribution in [-0.4, -0.2) is 66.6 Å². The number of nitrogens with one attached hydrogen (secondary N) is 2. The zero-order chi connectivity index (χ0) is 26.7. The molecule has 1 heterocycles. The molecule has 4 unspecified atom stereocenters. The number of amides is 3. The number of aryl methyl sites for hydroxylation is 2. The van der Waals surface area contributed by atoms with Gasteiger partial charge in [0.25, 0.3) is 0 Å². The molecule has 202 valence electrons. The fraction of sp³-hybridized carbons (Fsp3) is 0.679. The quantitative estimate of drug-likeness (QED) is 0.339. The molecule has 3 amide bonds. The van der Waals surface area contributed by atoms with E-state index in [1.54, 1.807) is 0 Å². The van der Waals surface area contributed by atoms with Gasteiger partial charge in [-0.15, -0.1) is 0 Å².